The second-order valence-corrected chi connectivity index (χ2v) is 7.96. The fourth-order valence-corrected chi connectivity index (χ4v) is 4.44. The number of carbonyl (C=O) groups is 1. The van der Waals surface area contributed by atoms with Gasteiger partial charge in [0.05, 0.1) is 11.2 Å². The summed E-state index contributed by atoms with van der Waals surface area (Å²) in [7, 11) is 0. The second kappa shape index (κ2) is 7.59. The number of hydrogen-bond acceptors (Lipinski definition) is 4. The minimum absolute atomic E-state index is 0.0561. The number of amides is 1. The number of aromatic nitrogens is 1. The minimum Gasteiger partial charge on any atom is -0.441 e. The molecule has 2 N–H and O–H groups in total. The van der Waals surface area contributed by atoms with Gasteiger partial charge >= 0.3 is 0 Å². The van der Waals surface area contributed by atoms with E-state index in [-0.39, 0.29) is 11.9 Å². The molecule has 2 aromatic rings. The standard InChI is InChI=1S/C19H21Cl2N3O2/c20-11-1-4-15(16(21)7-11)17-10-22-19(26-17)6-5-18(25)24-14-8-12-2-3-13(9-14)23-12/h1,4,7,10,12-14,23H,2-3,5-6,8-9H2,(H,24,25). The summed E-state index contributed by atoms with van der Waals surface area (Å²) in [6.07, 6.45) is 6.98. The number of rotatable bonds is 5. The van der Waals surface area contributed by atoms with E-state index in [0.717, 1.165) is 18.4 Å². The third-order valence-corrected chi connectivity index (χ3v) is 5.70. The molecule has 3 heterocycles. The van der Waals surface area contributed by atoms with Gasteiger partial charge in [-0.2, -0.15) is 0 Å². The highest BCUT2D eigenvalue weighted by Crippen LogP contribution is 2.31. The van der Waals surface area contributed by atoms with Gasteiger partial charge in [-0.05, 0) is 43.9 Å². The van der Waals surface area contributed by atoms with Gasteiger partial charge in [-0.1, -0.05) is 23.2 Å². The molecule has 2 fully saturated rings. The number of carbonyl (C=O) groups excluding carboxylic acids is 1. The molecule has 4 rings (SSSR count). The zero-order valence-corrected chi connectivity index (χ0v) is 15.8. The number of nitrogens with zero attached hydrogens (tertiary/aromatic N) is 1. The number of nitrogens with one attached hydrogen (secondary N) is 2. The van der Waals surface area contributed by atoms with E-state index in [9.17, 15) is 4.79 Å². The fraction of sp³-hybridized carbons (Fsp3) is 0.474. The molecule has 2 aliphatic rings. The van der Waals surface area contributed by atoms with E-state index in [1.807, 2.05) is 0 Å². The van der Waals surface area contributed by atoms with Crippen molar-refractivity contribution in [1.82, 2.24) is 15.6 Å². The van der Waals surface area contributed by atoms with Crippen LogP contribution in [0.4, 0.5) is 0 Å². The Kier molecular flexibility index (Phi) is 5.20. The zero-order valence-electron chi connectivity index (χ0n) is 14.3. The summed E-state index contributed by atoms with van der Waals surface area (Å²) < 4.78 is 5.75. The van der Waals surface area contributed by atoms with E-state index in [1.165, 1.54) is 12.8 Å². The molecule has 2 saturated heterocycles. The molecule has 0 saturated carbocycles. The summed E-state index contributed by atoms with van der Waals surface area (Å²) in [5.41, 5.74) is 0.740. The molecule has 5 nitrogen and oxygen atoms in total. The molecule has 7 heteroatoms. The Bertz CT molecular complexity index is 796. The Balaban J connectivity index is 1.31. The predicted molar refractivity (Wildman–Crippen MR) is 101 cm³/mol. The van der Waals surface area contributed by atoms with Crippen LogP contribution < -0.4 is 10.6 Å². The quantitative estimate of drug-likeness (QED) is 0.805. The van der Waals surface area contributed by atoms with Crippen molar-refractivity contribution in [3.05, 3.63) is 40.3 Å². The maximum absolute atomic E-state index is 12.2. The topological polar surface area (TPSA) is 67.2 Å². The number of oxazole rings is 1. The lowest BCUT2D eigenvalue weighted by atomic mass is 9.99. The van der Waals surface area contributed by atoms with Crippen molar-refractivity contribution in [3.8, 4) is 11.3 Å². The van der Waals surface area contributed by atoms with E-state index in [4.69, 9.17) is 27.6 Å². The van der Waals surface area contributed by atoms with Crippen LogP contribution in [0.2, 0.25) is 10.0 Å². The Morgan fingerprint density at radius 1 is 1.27 bits per heavy atom. The zero-order chi connectivity index (χ0) is 18.1. The summed E-state index contributed by atoms with van der Waals surface area (Å²) in [6.45, 7) is 0. The maximum Gasteiger partial charge on any atom is 0.220 e. The summed E-state index contributed by atoms with van der Waals surface area (Å²) in [5.74, 6) is 1.17. The van der Waals surface area contributed by atoms with Crippen molar-refractivity contribution in [2.24, 2.45) is 0 Å². The second-order valence-electron chi connectivity index (χ2n) is 7.12. The van der Waals surface area contributed by atoms with Crippen molar-refractivity contribution in [1.29, 1.82) is 0 Å². The van der Waals surface area contributed by atoms with Gasteiger partial charge in [-0.3, -0.25) is 4.79 Å². The summed E-state index contributed by atoms with van der Waals surface area (Å²) >= 11 is 12.1. The number of piperidine rings is 1. The largest absolute Gasteiger partial charge is 0.441 e. The van der Waals surface area contributed by atoms with E-state index >= 15 is 0 Å². The first-order valence-corrected chi connectivity index (χ1v) is 9.78. The maximum atomic E-state index is 12.2. The molecular weight excluding hydrogens is 373 g/mol. The highest BCUT2D eigenvalue weighted by atomic mass is 35.5. The van der Waals surface area contributed by atoms with Gasteiger partial charge in [-0.25, -0.2) is 4.98 Å². The molecule has 2 unspecified atom stereocenters. The molecule has 0 radical (unpaired) electrons. The van der Waals surface area contributed by atoms with E-state index in [1.54, 1.807) is 24.4 Å². The molecule has 26 heavy (non-hydrogen) atoms. The smallest absolute Gasteiger partial charge is 0.220 e. The minimum atomic E-state index is 0.0561. The average Bonchev–Trinajstić information content (AvgIpc) is 3.19. The van der Waals surface area contributed by atoms with Gasteiger partial charge in [0.15, 0.2) is 11.7 Å². The van der Waals surface area contributed by atoms with Crippen LogP contribution >= 0.6 is 23.2 Å². The lowest BCUT2D eigenvalue weighted by molar-refractivity contribution is -0.122. The van der Waals surface area contributed by atoms with Gasteiger partial charge in [-0.15, -0.1) is 0 Å². The normalized spacial score (nSPS) is 24.6. The molecular formula is C19H21Cl2N3O2. The number of halogens is 2. The van der Waals surface area contributed by atoms with E-state index < -0.39 is 0 Å². The van der Waals surface area contributed by atoms with Crippen LogP contribution in [0.15, 0.2) is 28.8 Å². The van der Waals surface area contributed by atoms with Gasteiger partial charge in [0.25, 0.3) is 0 Å². The number of benzene rings is 1. The Morgan fingerprint density at radius 2 is 2.04 bits per heavy atom. The number of hydrogen-bond donors (Lipinski definition) is 2. The van der Waals surface area contributed by atoms with Crippen molar-refractivity contribution >= 4 is 29.1 Å². The average molecular weight is 394 g/mol. The van der Waals surface area contributed by atoms with Crippen molar-refractivity contribution < 1.29 is 9.21 Å². The summed E-state index contributed by atoms with van der Waals surface area (Å²) in [4.78, 5) is 16.5. The van der Waals surface area contributed by atoms with Crippen LogP contribution in [0.1, 0.15) is 38.0 Å². The molecule has 0 aliphatic carbocycles. The van der Waals surface area contributed by atoms with Crippen LogP contribution in [0.25, 0.3) is 11.3 Å². The molecule has 0 spiro atoms. The fourth-order valence-electron chi connectivity index (χ4n) is 3.94. The molecule has 138 valence electrons. The van der Waals surface area contributed by atoms with Crippen LogP contribution in [0.3, 0.4) is 0 Å². The molecule has 2 aliphatic heterocycles. The number of fused-ring (bicyclic) bond motifs is 2. The Labute approximate surface area is 162 Å². The summed E-state index contributed by atoms with van der Waals surface area (Å²) in [6, 6.07) is 6.64. The first-order chi connectivity index (χ1) is 12.6. The molecule has 2 bridgehead atoms. The Morgan fingerprint density at radius 3 is 2.77 bits per heavy atom. The molecule has 2 atom stereocenters. The molecule has 1 amide bonds. The van der Waals surface area contributed by atoms with Gasteiger partial charge in [0.1, 0.15) is 0 Å². The van der Waals surface area contributed by atoms with Crippen molar-refractivity contribution in [2.75, 3.05) is 0 Å². The van der Waals surface area contributed by atoms with E-state index in [2.05, 4.69) is 15.6 Å². The molecule has 1 aromatic carbocycles. The Hall–Kier alpha value is -1.56. The lowest BCUT2D eigenvalue weighted by Crippen LogP contribution is -2.48. The predicted octanol–water partition coefficient (Wildman–Crippen LogP) is 3.98. The highest BCUT2D eigenvalue weighted by Gasteiger charge is 2.33. The van der Waals surface area contributed by atoms with Crippen LogP contribution in [-0.4, -0.2) is 29.0 Å². The van der Waals surface area contributed by atoms with Crippen LogP contribution in [0, 0.1) is 0 Å². The lowest BCUT2D eigenvalue weighted by Gasteiger charge is -2.29. The van der Waals surface area contributed by atoms with Gasteiger partial charge in [0.2, 0.25) is 5.91 Å². The van der Waals surface area contributed by atoms with Gasteiger partial charge < -0.3 is 15.1 Å². The van der Waals surface area contributed by atoms with E-state index in [0.29, 0.717) is 46.6 Å². The SMILES string of the molecule is O=C(CCc1ncc(-c2ccc(Cl)cc2Cl)o1)NC1CC2CCC(C1)N2. The summed E-state index contributed by atoms with van der Waals surface area (Å²) in [5, 5.41) is 7.83. The molecule has 1 aromatic heterocycles. The van der Waals surface area contributed by atoms with Crippen molar-refractivity contribution in [2.45, 2.75) is 56.7 Å². The van der Waals surface area contributed by atoms with Crippen molar-refractivity contribution in [3.63, 3.8) is 0 Å². The van der Waals surface area contributed by atoms with Crippen LogP contribution in [0.5, 0.6) is 0 Å². The highest BCUT2D eigenvalue weighted by molar-refractivity contribution is 6.36. The third-order valence-electron chi connectivity index (χ3n) is 5.15. The first-order valence-electron chi connectivity index (χ1n) is 9.02. The first kappa shape index (κ1) is 17.8. The van der Waals surface area contributed by atoms with Gasteiger partial charge in [0, 0.05) is 41.6 Å². The monoisotopic (exact) mass is 393 g/mol. The third kappa shape index (κ3) is 4.05. The number of aryl methyl sites for hydroxylation is 1. The van der Waals surface area contributed by atoms with Crippen LogP contribution in [-0.2, 0) is 11.2 Å².